The molecular formula is C21H26FN3O6S2. The minimum Gasteiger partial charge on any atom is -0.379 e. The van der Waals surface area contributed by atoms with Crippen LogP contribution in [0.15, 0.2) is 41.3 Å². The molecule has 2 aromatic rings. The van der Waals surface area contributed by atoms with Gasteiger partial charge in [0.05, 0.1) is 35.1 Å². The Bertz CT molecular complexity index is 1240. The summed E-state index contributed by atoms with van der Waals surface area (Å²) < 4.78 is 73.3. The van der Waals surface area contributed by atoms with Crippen molar-refractivity contribution in [2.45, 2.75) is 25.2 Å². The lowest BCUT2D eigenvalue weighted by molar-refractivity contribution is 0.0730. The molecule has 0 bridgehead atoms. The van der Waals surface area contributed by atoms with Gasteiger partial charge in [0.2, 0.25) is 20.0 Å². The van der Waals surface area contributed by atoms with Crippen LogP contribution < -0.4 is 10.0 Å². The van der Waals surface area contributed by atoms with Crippen LogP contribution in [0, 0.1) is 12.7 Å². The van der Waals surface area contributed by atoms with Crippen molar-refractivity contribution < 1.29 is 30.8 Å². The summed E-state index contributed by atoms with van der Waals surface area (Å²) in [7, 11) is -7.47. The Labute approximate surface area is 193 Å². The zero-order valence-electron chi connectivity index (χ0n) is 18.3. The van der Waals surface area contributed by atoms with Crippen LogP contribution in [0.1, 0.15) is 29.3 Å². The van der Waals surface area contributed by atoms with Crippen LogP contribution in [0.4, 0.5) is 15.8 Å². The molecule has 1 aliphatic heterocycles. The Morgan fingerprint density at radius 1 is 1.09 bits per heavy atom. The second-order valence-corrected chi connectivity index (χ2v) is 11.3. The van der Waals surface area contributed by atoms with Crippen molar-refractivity contribution in [3.05, 3.63) is 53.3 Å². The van der Waals surface area contributed by atoms with Crippen LogP contribution >= 0.6 is 0 Å². The summed E-state index contributed by atoms with van der Waals surface area (Å²) in [5.41, 5.74) is 0.534. The number of nitrogens with one attached hydrogen (secondary N) is 2. The second-order valence-electron chi connectivity index (χ2n) is 7.51. The molecule has 1 fully saturated rings. The number of benzene rings is 2. The smallest absolute Gasteiger partial charge is 0.258 e. The summed E-state index contributed by atoms with van der Waals surface area (Å²) in [6.07, 6.45) is 0.438. The first-order valence-electron chi connectivity index (χ1n) is 10.3. The molecule has 0 spiro atoms. The molecular weight excluding hydrogens is 473 g/mol. The van der Waals surface area contributed by atoms with Gasteiger partial charge in [-0.05, 0) is 49.2 Å². The molecule has 33 heavy (non-hydrogen) atoms. The molecule has 0 aromatic heterocycles. The Kier molecular flexibility index (Phi) is 7.73. The third kappa shape index (κ3) is 5.88. The molecule has 9 nitrogen and oxygen atoms in total. The minimum absolute atomic E-state index is 0.0569. The molecule has 12 heteroatoms. The first kappa shape index (κ1) is 25.1. The van der Waals surface area contributed by atoms with Crippen LogP contribution in [-0.2, 0) is 24.8 Å². The largest absolute Gasteiger partial charge is 0.379 e. The standard InChI is InChI=1S/C21H26FN3O6S2/c1-3-13-32(27,28)24-20-6-4-5-19(15(20)2)23-21(26)17-14-16(7-8-18(17)22)33(29,30)25-9-11-31-12-10-25/h4-8,14,24H,3,9-13H2,1-2H3,(H,23,26). The number of carbonyl (C=O) groups excluding carboxylic acids is 1. The van der Waals surface area contributed by atoms with Crippen LogP contribution in [0.3, 0.4) is 0 Å². The number of anilines is 2. The zero-order chi connectivity index (χ0) is 24.2. The molecule has 3 rings (SSSR count). The Morgan fingerprint density at radius 3 is 2.42 bits per heavy atom. The lowest BCUT2D eigenvalue weighted by Crippen LogP contribution is -2.40. The number of hydrogen-bond donors (Lipinski definition) is 2. The van der Waals surface area contributed by atoms with Crippen molar-refractivity contribution in [3.8, 4) is 0 Å². The molecule has 1 aliphatic rings. The maximum Gasteiger partial charge on any atom is 0.258 e. The van der Waals surface area contributed by atoms with Gasteiger partial charge in [0.15, 0.2) is 0 Å². The van der Waals surface area contributed by atoms with E-state index in [0.717, 1.165) is 18.2 Å². The van der Waals surface area contributed by atoms with Gasteiger partial charge in [-0.25, -0.2) is 21.2 Å². The average molecular weight is 500 g/mol. The van der Waals surface area contributed by atoms with Crippen molar-refractivity contribution in [2.75, 3.05) is 42.1 Å². The SMILES string of the molecule is CCCS(=O)(=O)Nc1cccc(NC(=O)c2cc(S(=O)(=O)N3CCOCC3)ccc2F)c1C. The lowest BCUT2D eigenvalue weighted by Gasteiger charge is -2.26. The molecule has 0 atom stereocenters. The van der Waals surface area contributed by atoms with Crippen molar-refractivity contribution in [1.29, 1.82) is 0 Å². The molecule has 0 aliphatic carbocycles. The highest BCUT2D eigenvalue weighted by Gasteiger charge is 2.28. The number of sulfonamides is 2. The third-order valence-electron chi connectivity index (χ3n) is 5.11. The average Bonchev–Trinajstić information content (AvgIpc) is 2.77. The van der Waals surface area contributed by atoms with Crippen LogP contribution in [0.25, 0.3) is 0 Å². The molecule has 0 radical (unpaired) electrons. The van der Waals surface area contributed by atoms with E-state index in [2.05, 4.69) is 10.0 Å². The predicted molar refractivity (Wildman–Crippen MR) is 123 cm³/mol. The maximum atomic E-state index is 14.5. The topological polar surface area (TPSA) is 122 Å². The van der Waals surface area contributed by atoms with Gasteiger partial charge in [0.25, 0.3) is 5.91 Å². The number of rotatable bonds is 8. The fourth-order valence-corrected chi connectivity index (χ4v) is 5.96. The summed E-state index contributed by atoms with van der Waals surface area (Å²) >= 11 is 0. The molecule has 1 heterocycles. The molecule has 1 amide bonds. The normalized spacial score (nSPS) is 15.2. The van der Waals surface area contributed by atoms with Gasteiger partial charge in [-0.2, -0.15) is 4.31 Å². The van der Waals surface area contributed by atoms with E-state index in [9.17, 15) is 26.0 Å². The quantitative estimate of drug-likeness (QED) is 0.576. The van der Waals surface area contributed by atoms with E-state index in [1.165, 1.54) is 10.4 Å². The highest BCUT2D eigenvalue weighted by atomic mass is 32.2. The highest BCUT2D eigenvalue weighted by Crippen LogP contribution is 2.26. The van der Waals surface area contributed by atoms with E-state index in [4.69, 9.17) is 4.74 Å². The number of morpholine rings is 1. The van der Waals surface area contributed by atoms with Gasteiger partial charge in [-0.3, -0.25) is 9.52 Å². The summed E-state index contributed by atoms with van der Waals surface area (Å²) in [5.74, 6) is -1.80. The summed E-state index contributed by atoms with van der Waals surface area (Å²) in [4.78, 5) is 12.6. The molecule has 2 aromatic carbocycles. The van der Waals surface area contributed by atoms with E-state index in [1.807, 2.05) is 0 Å². The Morgan fingerprint density at radius 2 is 1.76 bits per heavy atom. The van der Waals surface area contributed by atoms with E-state index >= 15 is 0 Å². The first-order valence-corrected chi connectivity index (χ1v) is 13.4. The highest BCUT2D eigenvalue weighted by molar-refractivity contribution is 7.92. The van der Waals surface area contributed by atoms with Gasteiger partial charge in [0, 0.05) is 18.8 Å². The summed E-state index contributed by atoms with van der Waals surface area (Å²) in [6, 6.07) is 7.68. The fourth-order valence-electron chi connectivity index (χ4n) is 3.33. The lowest BCUT2D eigenvalue weighted by atomic mass is 10.1. The number of amides is 1. The molecule has 0 saturated carbocycles. The van der Waals surface area contributed by atoms with Gasteiger partial charge in [-0.15, -0.1) is 0 Å². The van der Waals surface area contributed by atoms with Crippen molar-refractivity contribution in [3.63, 3.8) is 0 Å². The van der Waals surface area contributed by atoms with Crippen molar-refractivity contribution in [2.24, 2.45) is 0 Å². The van der Waals surface area contributed by atoms with Gasteiger partial charge in [-0.1, -0.05) is 13.0 Å². The zero-order valence-corrected chi connectivity index (χ0v) is 19.9. The predicted octanol–water partition coefficient (Wildman–Crippen LogP) is 2.56. The number of halogens is 1. The second kappa shape index (κ2) is 10.2. The van der Waals surface area contributed by atoms with E-state index in [-0.39, 0.29) is 48.3 Å². The molecule has 2 N–H and O–H groups in total. The van der Waals surface area contributed by atoms with E-state index in [1.54, 1.807) is 26.0 Å². The van der Waals surface area contributed by atoms with Gasteiger partial charge >= 0.3 is 0 Å². The van der Waals surface area contributed by atoms with Gasteiger partial charge < -0.3 is 10.1 Å². The van der Waals surface area contributed by atoms with E-state index in [0.29, 0.717) is 12.0 Å². The number of hydrogen-bond acceptors (Lipinski definition) is 6. The van der Waals surface area contributed by atoms with E-state index < -0.39 is 37.3 Å². The van der Waals surface area contributed by atoms with Crippen LogP contribution in [0.5, 0.6) is 0 Å². The molecule has 0 unspecified atom stereocenters. The van der Waals surface area contributed by atoms with Crippen LogP contribution in [0.2, 0.25) is 0 Å². The first-order chi connectivity index (χ1) is 15.5. The third-order valence-corrected chi connectivity index (χ3v) is 8.48. The van der Waals surface area contributed by atoms with Crippen molar-refractivity contribution in [1.82, 2.24) is 4.31 Å². The Hall–Kier alpha value is -2.54. The number of nitrogens with zero attached hydrogens (tertiary/aromatic N) is 1. The summed E-state index contributed by atoms with van der Waals surface area (Å²) in [5, 5.41) is 2.54. The summed E-state index contributed by atoms with van der Waals surface area (Å²) in [6.45, 7) is 4.19. The Balaban J connectivity index is 1.86. The molecule has 1 saturated heterocycles. The van der Waals surface area contributed by atoms with Crippen LogP contribution in [-0.4, -0.2) is 59.1 Å². The van der Waals surface area contributed by atoms with Crippen molar-refractivity contribution >= 4 is 37.3 Å². The number of ether oxygens (including phenoxy) is 1. The van der Waals surface area contributed by atoms with Gasteiger partial charge in [0.1, 0.15) is 5.82 Å². The maximum absolute atomic E-state index is 14.5. The molecule has 180 valence electrons. The number of carbonyl (C=O) groups is 1. The minimum atomic E-state index is -3.92. The fraction of sp³-hybridized carbons (Fsp3) is 0.381. The monoisotopic (exact) mass is 499 g/mol.